The van der Waals surface area contributed by atoms with Crippen molar-refractivity contribution in [1.82, 2.24) is 0 Å². The van der Waals surface area contributed by atoms with Crippen molar-refractivity contribution in [3.63, 3.8) is 0 Å². The molecule has 0 bridgehead atoms. The first kappa shape index (κ1) is 62.8. The van der Waals surface area contributed by atoms with Crippen LogP contribution in [0.4, 0.5) is 51.2 Å². The van der Waals surface area contributed by atoms with Crippen LogP contribution in [0.2, 0.25) is 0 Å². The molecule has 450 valence electrons. The predicted octanol–water partition coefficient (Wildman–Crippen LogP) is 7.64. The van der Waals surface area contributed by atoms with Crippen molar-refractivity contribution in [2.24, 2.45) is 40.9 Å². The lowest BCUT2D eigenvalue weighted by molar-refractivity contribution is 0.0693. The Morgan fingerprint density at radius 2 is 0.802 bits per heavy atom. The second kappa shape index (κ2) is 21.7. The predicted molar refractivity (Wildman–Crippen MR) is 288 cm³/mol. The van der Waals surface area contributed by atoms with Crippen molar-refractivity contribution >= 4 is 160 Å². The van der Waals surface area contributed by atoms with Crippen LogP contribution in [-0.2, 0) is 70.8 Å². The van der Waals surface area contributed by atoms with E-state index in [-0.39, 0.29) is 5.69 Å². The zero-order valence-corrected chi connectivity index (χ0v) is 46.9. The number of rotatable bonds is 16. The number of benzene rings is 8. The molecule has 36 nitrogen and oxygen atoms in total. The van der Waals surface area contributed by atoms with Crippen LogP contribution < -0.4 is 5.73 Å². The quantitative estimate of drug-likeness (QED) is 0.0251. The number of fused-ring (bicyclic) bond motifs is 3. The first-order chi connectivity index (χ1) is 39.5. The molecule has 8 aromatic carbocycles. The van der Waals surface area contributed by atoms with Gasteiger partial charge in [-0.3, -0.25) is 31.9 Å². The van der Waals surface area contributed by atoms with E-state index in [1.54, 1.807) is 0 Å². The summed E-state index contributed by atoms with van der Waals surface area (Å²) in [7, 11) is -38.6. The van der Waals surface area contributed by atoms with Crippen LogP contribution >= 0.6 is 0 Å². The van der Waals surface area contributed by atoms with E-state index in [9.17, 15) is 121 Å². The Labute approximate surface area is 479 Å². The third-order valence-corrected chi connectivity index (χ3v) is 17.8. The minimum absolute atomic E-state index is 0.266. The fourth-order valence-corrected chi connectivity index (χ4v) is 12.5. The highest BCUT2D eigenvalue weighted by Gasteiger charge is 2.32. The molecular formula is C43H29N9O27S7. The molecule has 0 aliphatic rings. The summed E-state index contributed by atoms with van der Waals surface area (Å²) in [6.45, 7) is 0. The van der Waals surface area contributed by atoms with Crippen LogP contribution in [0.1, 0.15) is 10.4 Å². The number of carbonyl (C=O) groups is 1. The number of azo groups is 4. The van der Waals surface area contributed by atoms with Gasteiger partial charge >= 0.3 is 5.97 Å². The van der Waals surface area contributed by atoms with Crippen molar-refractivity contribution in [2.45, 2.75) is 34.3 Å². The number of anilines is 1. The Kier molecular flexibility index (Phi) is 15.8. The molecule has 8 aromatic rings. The molecule has 8 rings (SSSR count). The van der Waals surface area contributed by atoms with Gasteiger partial charge in [0.15, 0.2) is 17.2 Å². The molecule has 0 heterocycles. The molecule has 0 atom stereocenters. The highest BCUT2D eigenvalue weighted by Crippen LogP contribution is 2.51. The average molecular weight is 1330 g/mol. The van der Waals surface area contributed by atoms with Gasteiger partial charge in [-0.25, -0.2) is 4.79 Å². The molecule has 14 N–H and O–H groups in total. The van der Waals surface area contributed by atoms with E-state index in [0.29, 0.717) is 42.5 Å². The number of nitrogens with zero attached hydrogens (tertiary/aromatic N) is 8. The Hall–Kier alpha value is -9.22. The number of aromatic hydroxyl groups is 4. The zero-order valence-electron chi connectivity index (χ0n) is 41.2. The van der Waals surface area contributed by atoms with Crippen molar-refractivity contribution in [3.05, 3.63) is 96.6 Å². The lowest BCUT2D eigenvalue weighted by Crippen LogP contribution is -2.04. The van der Waals surface area contributed by atoms with Crippen molar-refractivity contribution in [3.8, 4) is 23.0 Å². The van der Waals surface area contributed by atoms with Gasteiger partial charge in [-0.05, 0) is 102 Å². The number of phenolic OH excluding ortho intramolecular Hbond substituents is 3. The van der Waals surface area contributed by atoms with Crippen molar-refractivity contribution in [2.75, 3.05) is 5.73 Å². The van der Waals surface area contributed by atoms with Gasteiger partial charge in [-0.1, -0.05) is 0 Å². The molecule has 0 saturated carbocycles. The smallest absolute Gasteiger partial charge is 0.339 e. The maximum atomic E-state index is 13.1. The van der Waals surface area contributed by atoms with E-state index in [1.807, 2.05) is 0 Å². The summed E-state index contributed by atoms with van der Waals surface area (Å²) < 4.78 is 247. The average Bonchev–Trinajstić information content (AvgIpc) is 0.788. The number of nitrogen functional groups attached to an aromatic ring is 1. The molecule has 0 fully saturated rings. The number of phenols is 4. The first-order valence-electron chi connectivity index (χ1n) is 21.9. The summed E-state index contributed by atoms with van der Waals surface area (Å²) in [4.78, 5) is 2.35. The number of nitrogens with two attached hydrogens (primary N) is 1. The van der Waals surface area contributed by atoms with E-state index in [0.717, 1.165) is 48.5 Å². The third-order valence-electron chi connectivity index (χ3n) is 11.6. The van der Waals surface area contributed by atoms with E-state index in [1.165, 1.54) is 0 Å². The van der Waals surface area contributed by atoms with Crippen LogP contribution in [0, 0.1) is 0 Å². The lowest BCUT2D eigenvalue weighted by Gasteiger charge is -2.15. The topological polar surface area (TPSA) is 624 Å². The van der Waals surface area contributed by atoms with E-state index in [2.05, 4.69) is 40.9 Å². The van der Waals surface area contributed by atoms with E-state index in [4.69, 9.17) is 5.73 Å². The Morgan fingerprint density at radius 1 is 0.372 bits per heavy atom. The molecule has 43 heteroatoms. The van der Waals surface area contributed by atoms with Gasteiger partial charge in [-0.15, -0.1) is 30.7 Å². The Morgan fingerprint density at radius 3 is 1.31 bits per heavy atom. The van der Waals surface area contributed by atoms with Gasteiger partial charge in [-0.2, -0.15) is 69.2 Å². The number of carboxylic acid groups (broad SMARTS) is 1. The maximum Gasteiger partial charge on any atom is 0.339 e. The molecule has 0 amide bonds. The minimum atomic E-state index is -5.79. The standard InChI is InChI=1S/C43H29N9O27S7/c44-34-33-17(11-29(82(65,66)67)35(34)49-48-26-14-22-16(9-28(26)81(62,63)64)10-30(83(68,69)70)36(40(22)55)50-45-18-1-4-20(5-2-18)80(59,60)61)12-31(84(71,72)73)38(41(33)56)52-47-25-7-6-21-23(42(25)86(77,78)79)15-32(85(74,75)76)37(39(21)54)51-46-19-3-8-27(53)24(13-19)43(57)58/h1-15,53-56H,44H2,(H,57,58)(H,59,60,61)(H,62,63,64)(H,65,66,67)(H,68,69,70)(H,71,72,73)(H,74,75,76)(H,77,78,79). The summed E-state index contributed by atoms with van der Waals surface area (Å²) in [6, 6.07) is 9.90. The minimum Gasteiger partial charge on any atom is -0.507 e. The molecule has 0 aliphatic heterocycles. The largest absolute Gasteiger partial charge is 0.507 e. The van der Waals surface area contributed by atoms with Crippen molar-refractivity contribution in [1.29, 1.82) is 0 Å². The molecule has 86 heavy (non-hydrogen) atoms. The van der Waals surface area contributed by atoms with Crippen molar-refractivity contribution < 1.29 is 121 Å². The van der Waals surface area contributed by atoms with Gasteiger partial charge < -0.3 is 31.3 Å². The first-order valence-corrected chi connectivity index (χ1v) is 32.0. The molecular weight excluding hydrogens is 1300 g/mol. The molecule has 0 spiro atoms. The fraction of sp³-hybridized carbons (Fsp3) is 0. The van der Waals surface area contributed by atoms with Gasteiger partial charge in [0.05, 0.1) is 27.3 Å². The Balaban J connectivity index is 1.32. The van der Waals surface area contributed by atoms with Gasteiger partial charge in [0.2, 0.25) is 0 Å². The fourth-order valence-electron chi connectivity index (χ4n) is 7.93. The lowest BCUT2D eigenvalue weighted by atomic mass is 10.0. The second-order valence-electron chi connectivity index (χ2n) is 17.1. The molecule has 0 unspecified atom stereocenters. The number of hydrogen-bond acceptors (Lipinski definition) is 28. The van der Waals surface area contributed by atoms with Gasteiger partial charge in [0.25, 0.3) is 70.8 Å². The van der Waals surface area contributed by atoms with Crippen LogP contribution in [0.25, 0.3) is 32.3 Å². The Bertz CT molecular complexity index is 5340. The normalized spacial score (nSPS) is 13.4. The second-order valence-corrected chi connectivity index (χ2v) is 26.9. The SMILES string of the molecule is Nc1c(N=Nc2cc3c(O)c(N=Nc4ccc(S(=O)(=O)O)cc4)c(S(=O)(=O)O)cc3cc2S(=O)(=O)O)c(S(=O)(=O)O)cc2cc(S(=O)(=O)O)c(N=Nc3ccc4c(O)c(N=Nc5ccc(O)c(C(=O)O)c5)c(S(=O)(=O)O)cc4c3S(=O)(=O)O)c(O)c12. The summed E-state index contributed by atoms with van der Waals surface area (Å²) in [5, 5.41) is 77.1. The maximum absolute atomic E-state index is 13.1. The van der Waals surface area contributed by atoms with Crippen LogP contribution in [-0.4, -0.2) is 122 Å². The summed E-state index contributed by atoms with van der Waals surface area (Å²) >= 11 is 0. The summed E-state index contributed by atoms with van der Waals surface area (Å²) in [5.41, 5.74) is -3.54. The molecule has 0 aliphatic carbocycles. The van der Waals surface area contributed by atoms with Crippen LogP contribution in [0.3, 0.4) is 0 Å². The monoisotopic (exact) mass is 1330 g/mol. The highest BCUT2D eigenvalue weighted by atomic mass is 32.2. The zero-order chi connectivity index (χ0) is 63.9. The highest BCUT2D eigenvalue weighted by molar-refractivity contribution is 7.87. The molecule has 0 radical (unpaired) electrons. The summed E-state index contributed by atoms with van der Waals surface area (Å²) in [6.07, 6.45) is 0. The van der Waals surface area contributed by atoms with Gasteiger partial charge in [0.1, 0.15) is 74.8 Å². The van der Waals surface area contributed by atoms with Crippen LogP contribution in [0.5, 0.6) is 23.0 Å². The van der Waals surface area contributed by atoms with Crippen LogP contribution in [0.15, 0.2) is 166 Å². The van der Waals surface area contributed by atoms with E-state index < -0.39 is 217 Å². The van der Waals surface area contributed by atoms with Gasteiger partial charge in [0, 0.05) is 16.2 Å². The third kappa shape index (κ3) is 12.5. The molecule has 0 aromatic heterocycles. The summed E-state index contributed by atoms with van der Waals surface area (Å²) in [5.74, 6) is -6.52. The van der Waals surface area contributed by atoms with E-state index >= 15 is 0 Å². The number of hydrogen-bond donors (Lipinski definition) is 13. The molecule has 0 saturated heterocycles. The number of aromatic carboxylic acids is 1. The number of carboxylic acids is 1.